The van der Waals surface area contributed by atoms with E-state index in [0.29, 0.717) is 31.3 Å². The molecule has 3 atom stereocenters. The van der Waals surface area contributed by atoms with E-state index in [1.165, 1.54) is 0 Å². The van der Waals surface area contributed by atoms with E-state index < -0.39 is 0 Å². The number of hydrogen-bond donors (Lipinski definition) is 1. The Morgan fingerprint density at radius 2 is 2.25 bits per heavy atom. The summed E-state index contributed by atoms with van der Waals surface area (Å²) in [7, 11) is 0. The molecule has 0 unspecified atom stereocenters. The zero-order chi connectivity index (χ0) is 17.3. The molecule has 2 fully saturated rings. The van der Waals surface area contributed by atoms with E-state index in [0.717, 1.165) is 25.0 Å². The fraction of sp³-hybridized carbons (Fsp3) is 0.778. The molecule has 1 aromatic heterocycles. The van der Waals surface area contributed by atoms with Crippen LogP contribution in [0, 0.1) is 11.8 Å². The van der Waals surface area contributed by atoms with Gasteiger partial charge in [0.25, 0.3) is 5.91 Å². The summed E-state index contributed by atoms with van der Waals surface area (Å²) >= 11 is 0. The second kappa shape index (κ2) is 7.23. The van der Waals surface area contributed by atoms with Gasteiger partial charge < -0.3 is 14.7 Å². The fourth-order valence-electron chi connectivity index (χ4n) is 4.00. The molecule has 0 radical (unpaired) electrons. The van der Waals surface area contributed by atoms with Crippen molar-refractivity contribution in [3.63, 3.8) is 0 Å². The second-order valence-corrected chi connectivity index (χ2v) is 7.43. The van der Waals surface area contributed by atoms with Crippen LogP contribution in [0.15, 0.2) is 6.07 Å². The van der Waals surface area contributed by atoms with E-state index >= 15 is 0 Å². The van der Waals surface area contributed by atoms with Crippen molar-refractivity contribution in [3.05, 3.63) is 17.5 Å². The summed E-state index contributed by atoms with van der Waals surface area (Å²) in [6, 6.07) is 2.03. The molecule has 6 nitrogen and oxygen atoms in total. The van der Waals surface area contributed by atoms with Crippen LogP contribution in [0.25, 0.3) is 0 Å². The summed E-state index contributed by atoms with van der Waals surface area (Å²) in [5.74, 6) is 0.804. The van der Waals surface area contributed by atoms with E-state index in [1.807, 2.05) is 22.6 Å². The van der Waals surface area contributed by atoms with Gasteiger partial charge in [0.15, 0.2) is 0 Å². The van der Waals surface area contributed by atoms with E-state index in [-0.39, 0.29) is 30.6 Å². The molecule has 6 heteroatoms. The zero-order valence-electron chi connectivity index (χ0n) is 14.9. The Morgan fingerprint density at radius 1 is 1.46 bits per heavy atom. The van der Waals surface area contributed by atoms with Crippen molar-refractivity contribution in [3.8, 4) is 0 Å². The second-order valence-electron chi connectivity index (χ2n) is 7.43. The first-order valence-electron chi connectivity index (χ1n) is 9.13. The van der Waals surface area contributed by atoms with Crippen molar-refractivity contribution in [1.29, 1.82) is 0 Å². The third-order valence-corrected chi connectivity index (χ3v) is 5.12. The monoisotopic (exact) mass is 335 g/mol. The van der Waals surface area contributed by atoms with Gasteiger partial charge in [-0.15, -0.1) is 0 Å². The average Bonchev–Trinajstić information content (AvgIpc) is 3.16. The van der Waals surface area contributed by atoms with Gasteiger partial charge in [0.05, 0.1) is 24.4 Å². The number of aliphatic hydroxyl groups is 1. The van der Waals surface area contributed by atoms with Gasteiger partial charge in [-0.05, 0) is 44.1 Å². The lowest BCUT2D eigenvalue weighted by molar-refractivity contribution is -0.0452. The Kier molecular flexibility index (Phi) is 5.25. The minimum Gasteiger partial charge on any atom is -0.396 e. The summed E-state index contributed by atoms with van der Waals surface area (Å²) in [6.07, 6.45) is 2.62. The molecule has 1 saturated heterocycles. The van der Waals surface area contributed by atoms with E-state index in [1.54, 1.807) is 0 Å². The first-order chi connectivity index (χ1) is 11.5. The van der Waals surface area contributed by atoms with Crippen molar-refractivity contribution >= 4 is 5.91 Å². The summed E-state index contributed by atoms with van der Waals surface area (Å²) in [6.45, 7) is 8.39. The molecule has 0 bridgehead atoms. The van der Waals surface area contributed by atoms with Crippen LogP contribution in [0.3, 0.4) is 0 Å². The van der Waals surface area contributed by atoms with Crippen molar-refractivity contribution in [1.82, 2.24) is 14.7 Å². The van der Waals surface area contributed by atoms with Crippen LogP contribution >= 0.6 is 0 Å². The minimum absolute atomic E-state index is 0.0521. The number of carbonyl (C=O) groups excluding carboxylic acids is 1. The van der Waals surface area contributed by atoms with Gasteiger partial charge >= 0.3 is 0 Å². The molecule has 1 aromatic rings. The van der Waals surface area contributed by atoms with Gasteiger partial charge in [0.1, 0.15) is 5.69 Å². The molecule has 0 spiro atoms. The molecule has 3 rings (SSSR count). The zero-order valence-corrected chi connectivity index (χ0v) is 14.9. The van der Waals surface area contributed by atoms with Crippen LogP contribution in [-0.2, 0) is 17.7 Å². The Bertz CT molecular complexity index is 584. The van der Waals surface area contributed by atoms with Gasteiger partial charge in [-0.1, -0.05) is 13.8 Å². The van der Waals surface area contributed by atoms with Crippen molar-refractivity contribution in [2.24, 2.45) is 11.8 Å². The Balaban J connectivity index is 1.81. The quantitative estimate of drug-likeness (QED) is 0.889. The maximum Gasteiger partial charge on any atom is 0.272 e. The molecule has 2 heterocycles. The Morgan fingerprint density at radius 3 is 2.92 bits per heavy atom. The van der Waals surface area contributed by atoms with Gasteiger partial charge in [-0.3, -0.25) is 9.48 Å². The molecule has 1 aliphatic carbocycles. The molecular formula is C18H29N3O3. The first-order valence-corrected chi connectivity index (χ1v) is 9.13. The average molecular weight is 335 g/mol. The molecule has 1 aliphatic heterocycles. The molecule has 134 valence electrons. The van der Waals surface area contributed by atoms with Crippen LogP contribution in [0.5, 0.6) is 0 Å². The molecule has 1 saturated carbocycles. The van der Waals surface area contributed by atoms with Gasteiger partial charge in [-0.2, -0.15) is 5.10 Å². The highest BCUT2D eigenvalue weighted by molar-refractivity contribution is 5.93. The van der Waals surface area contributed by atoms with Crippen LogP contribution in [0.4, 0.5) is 0 Å². The number of ether oxygens (including phenoxy) is 1. The maximum atomic E-state index is 13.2. The SMILES string of the molecule is CCn1nc(CC(C)C)cc1C(=O)N1CCO[C@H]2C[C@H](CO)C[C@@H]21. The van der Waals surface area contributed by atoms with E-state index in [9.17, 15) is 9.90 Å². The number of aliphatic hydroxyl groups excluding tert-OH is 1. The third kappa shape index (κ3) is 3.35. The van der Waals surface area contributed by atoms with Crippen molar-refractivity contribution < 1.29 is 14.6 Å². The summed E-state index contributed by atoms with van der Waals surface area (Å²) < 4.78 is 7.66. The maximum absolute atomic E-state index is 13.2. The number of fused-ring (bicyclic) bond motifs is 1. The Hall–Kier alpha value is -1.40. The van der Waals surface area contributed by atoms with Gasteiger partial charge in [0, 0.05) is 19.7 Å². The Labute approximate surface area is 143 Å². The van der Waals surface area contributed by atoms with Crippen LogP contribution in [-0.4, -0.2) is 57.6 Å². The number of nitrogens with zero attached hydrogens (tertiary/aromatic N) is 3. The summed E-state index contributed by atoms with van der Waals surface area (Å²) in [5.41, 5.74) is 1.67. The predicted octanol–water partition coefficient (Wildman–Crippen LogP) is 1.71. The van der Waals surface area contributed by atoms with Crippen molar-refractivity contribution in [2.75, 3.05) is 19.8 Å². The highest BCUT2D eigenvalue weighted by atomic mass is 16.5. The van der Waals surface area contributed by atoms with E-state index in [4.69, 9.17) is 4.74 Å². The van der Waals surface area contributed by atoms with Crippen LogP contribution in [0.2, 0.25) is 0 Å². The molecule has 1 amide bonds. The number of hydrogen-bond acceptors (Lipinski definition) is 4. The van der Waals surface area contributed by atoms with E-state index in [2.05, 4.69) is 18.9 Å². The fourth-order valence-corrected chi connectivity index (χ4v) is 4.00. The van der Waals surface area contributed by atoms with Gasteiger partial charge in [-0.25, -0.2) is 0 Å². The number of aryl methyl sites for hydroxylation is 1. The van der Waals surface area contributed by atoms with Crippen molar-refractivity contribution in [2.45, 2.75) is 58.7 Å². The lowest BCUT2D eigenvalue weighted by Crippen LogP contribution is -2.51. The highest BCUT2D eigenvalue weighted by Crippen LogP contribution is 2.34. The largest absolute Gasteiger partial charge is 0.396 e. The highest BCUT2D eigenvalue weighted by Gasteiger charge is 2.43. The third-order valence-electron chi connectivity index (χ3n) is 5.12. The van der Waals surface area contributed by atoms with Crippen LogP contribution < -0.4 is 0 Å². The molecule has 24 heavy (non-hydrogen) atoms. The number of carbonyl (C=O) groups is 1. The molecular weight excluding hydrogens is 306 g/mol. The molecule has 1 N–H and O–H groups in total. The lowest BCUT2D eigenvalue weighted by Gasteiger charge is -2.37. The molecule has 0 aromatic carbocycles. The first kappa shape index (κ1) is 17.4. The number of aromatic nitrogens is 2. The number of morpholine rings is 1. The standard InChI is InChI=1S/C18H29N3O3/c1-4-21-16(10-14(19-21)7-12(2)3)18(23)20-5-6-24-17-9-13(11-22)8-15(17)20/h10,12-13,15,17,22H,4-9,11H2,1-3H3/t13-,15+,17+/m1/s1. The molecule has 2 aliphatic rings. The topological polar surface area (TPSA) is 67.6 Å². The number of rotatable bonds is 5. The normalized spacial score (nSPS) is 26.9. The van der Waals surface area contributed by atoms with Gasteiger partial charge in [0.2, 0.25) is 0 Å². The minimum atomic E-state index is 0.0521. The predicted molar refractivity (Wildman–Crippen MR) is 90.8 cm³/mol. The summed E-state index contributed by atoms with van der Waals surface area (Å²) in [5, 5.41) is 14.1. The lowest BCUT2D eigenvalue weighted by atomic mass is 10.1. The van der Waals surface area contributed by atoms with Crippen LogP contribution in [0.1, 0.15) is 49.8 Å². The number of amides is 1. The smallest absolute Gasteiger partial charge is 0.272 e. The summed E-state index contributed by atoms with van der Waals surface area (Å²) in [4.78, 5) is 15.1.